The van der Waals surface area contributed by atoms with E-state index in [1.54, 1.807) is 6.07 Å². The van der Waals surface area contributed by atoms with Gasteiger partial charge in [0.25, 0.3) is 0 Å². The van der Waals surface area contributed by atoms with Crippen LogP contribution in [-0.2, 0) is 9.53 Å². The second-order valence-corrected chi connectivity index (χ2v) is 4.17. The van der Waals surface area contributed by atoms with Crippen LogP contribution in [0.2, 0.25) is 0 Å². The molecule has 1 fully saturated rings. The average molecular weight is 248 g/mol. The number of methoxy groups -OCH3 is 1. The summed E-state index contributed by atoms with van der Waals surface area (Å²) in [6.07, 6.45) is 0.780. The monoisotopic (exact) mass is 248 g/mol. The van der Waals surface area contributed by atoms with Crippen LogP contribution in [0.5, 0.6) is 0 Å². The summed E-state index contributed by atoms with van der Waals surface area (Å²) in [5.41, 5.74) is 0.600. The van der Waals surface area contributed by atoms with E-state index in [-0.39, 0.29) is 11.9 Å². The second-order valence-electron chi connectivity index (χ2n) is 4.17. The highest BCUT2D eigenvalue weighted by atomic mass is 16.5. The maximum atomic E-state index is 11.5. The molecule has 0 aliphatic carbocycles. The minimum Gasteiger partial charge on any atom is -0.469 e. The lowest BCUT2D eigenvalue weighted by Gasteiger charge is -2.16. The van der Waals surface area contributed by atoms with Crippen LogP contribution < -0.4 is 4.90 Å². The molecule has 0 saturated carbocycles. The molecule has 8 heteroatoms. The molecule has 2 aromatic heterocycles. The first-order valence-electron chi connectivity index (χ1n) is 5.66. The first kappa shape index (κ1) is 10.9. The van der Waals surface area contributed by atoms with Crippen LogP contribution in [0, 0.1) is 5.92 Å². The van der Waals surface area contributed by atoms with Gasteiger partial charge in [0, 0.05) is 13.1 Å². The number of anilines is 1. The number of carbonyl (C=O) groups excluding carboxylic acids is 1. The van der Waals surface area contributed by atoms with Gasteiger partial charge in [-0.2, -0.15) is 0 Å². The van der Waals surface area contributed by atoms with E-state index in [4.69, 9.17) is 4.74 Å². The van der Waals surface area contributed by atoms with Crippen molar-refractivity contribution in [2.24, 2.45) is 5.92 Å². The highest BCUT2D eigenvalue weighted by molar-refractivity contribution is 5.74. The largest absolute Gasteiger partial charge is 0.469 e. The Morgan fingerprint density at radius 3 is 3.22 bits per heavy atom. The molecule has 3 rings (SSSR count). The zero-order chi connectivity index (χ0) is 12.5. The fraction of sp³-hybridized carbons (Fsp3) is 0.500. The molecule has 1 atom stereocenters. The molecule has 1 aliphatic rings. The Bertz CT molecular complexity index is 583. The van der Waals surface area contributed by atoms with E-state index < -0.39 is 0 Å². The minimum atomic E-state index is -0.166. The number of carbonyl (C=O) groups is 1. The predicted molar refractivity (Wildman–Crippen MR) is 60.9 cm³/mol. The van der Waals surface area contributed by atoms with Gasteiger partial charge in [0.2, 0.25) is 0 Å². The van der Waals surface area contributed by atoms with Gasteiger partial charge in [-0.25, -0.2) is 0 Å². The Balaban J connectivity index is 1.81. The average Bonchev–Trinajstić information content (AvgIpc) is 3.05. The van der Waals surface area contributed by atoms with Gasteiger partial charge in [0.05, 0.1) is 13.0 Å². The van der Waals surface area contributed by atoms with Gasteiger partial charge < -0.3 is 9.64 Å². The van der Waals surface area contributed by atoms with Crippen molar-refractivity contribution in [3.05, 3.63) is 12.1 Å². The van der Waals surface area contributed by atoms with Crippen molar-refractivity contribution < 1.29 is 9.53 Å². The Kier molecular flexibility index (Phi) is 2.54. The molecule has 0 aromatic carbocycles. The van der Waals surface area contributed by atoms with Crippen molar-refractivity contribution in [1.29, 1.82) is 0 Å². The molecule has 8 nitrogen and oxygen atoms in total. The normalized spacial score (nSPS) is 19.4. The number of ether oxygens (including phenoxy) is 1. The summed E-state index contributed by atoms with van der Waals surface area (Å²) in [6.45, 7) is 1.40. The number of nitrogens with zero attached hydrogens (tertiary/aromatic N) is 6. The van der Waals surface area contributed by atoms with Gasteiger partial charge in [-0.05, 0) is 29.0 Å². The molecule has 0 spiro atoms. The van der Waals surface area contributed by atoms with Gasteiger partial charge in [0.15, 0.2) is 11.5 Å². The molecule has 3 heterocycles. The third kappa shape index (κ3) is 1.75. The molecule has 0 amide bonds. The molecule has 0 radical (unpaired) electrons. The zero-order valence-corrected chi connectivity index (χ0v) is 9.85. The van der Waals surface area contributed by atoms with E-state index in [1.165, 1.54) is 11.7 Å². The van der Waals surface area contributed by atoms with Gasteiger partial charge in [-0.1, -0.05) is 0 Å². The Morgan fingerprint density at radius 2 is 2.39 bits per heavy atom. The van der Waals surface area contributed by atoms with Crippen LogP contribution in [0.3, 0.4) is 0 Å². The number of rotatable bonds is 2. The van der Waals surface area contributed by atoms with Crippen LogP contribution in [0.15, 0.2) is 12.1 Å². The Labute approximate surface area is 103 Å². The zero-order valence-electron chi connectivity index (χ0n) is 9.85. The van der Waals surface area contributed by atoms with Crippen molar-refractivity contribution >= 4 is 17.4 Å². The lowest BCUT2D eigenvalue weighted by Crippen LogP contribution is -2.24. The summed E-state index contributed by atoms with van der Waals surface area (Å²) >= 11 is 0. The van der Waals surface area contributed by atoms with Crippen LogP contribution in [0.4, 0.5) is 5.82 Å². The predicted octanol–water partition coefficient (Wildman–Crippen LogP) is -0.481. The van der Waals surface area contributed by atoms with Crippen molar-refractivity contribution in [3.8, 4) is 0 Å². The maximum Gasteiger partial charge on any atom is 0.310 e. The minimum absolute atomic E-state index is 0.0821. The number of fused-ring (bicyclic) bond motifs is 1. The molecule has 0 N–H and O–H groups in total. The lowest BCUT2D eigenvalue weighted by atomic mass is 10.1. The molecule has 1 saturated heterocycles. The van der Waals surface area contributed by atoms with Gasteiger partial charge in [-0.15, -0.1) is 14.8 Å². The lowest BCUT2D eigenvalue weighted by molar-refractivity contribution is -0.144. The number of esters is 1. The molecule has 2 aromatic rings. The van der Waals surface area contributed by atoms with Gasteiger partial charge in [-0.3, -0.25) is 4.79 Å². The SMILES string of the molecule is COC(=O)C1CCN(c2ccc3nnnn3n2)C1. The van der Waals surface area contributed by atoms with Gasteiger partial charge >= 0.3 is 5.97 Å². The number of tetrazole rings is 1. The molecule has 18 heavy (non-hydrogen) atoms. The molecule has 1 aliphatic heterocycles. The summed E-state index contributed by atoms with van der Waals surface area (Å²) in [4.78, 5) is 13.5. The molecular weight excluding hydrogens is 236 g/mol. The summed E-state index contributed by atoms with van der Waals surface area (Å²) in [5.74, 6) is 0.517. The number of aromatic nitrogens is 5. The molecule has 0 bridgehead atoms. The van der Waals surface area contributed by atoms with Crippen molar-refractivity contribution in [2.45, 2.75) is 6.42 Å². The van der Waals surface area contributed by atoms with Crippen LogP contribution in [-0.4, -0.2) is 51.4 Å². The van der Waals surface area contributed by atoms with E-state index in [1.807, 2.05) is 11.0 Å². The highest BCUT2D eigenvalue weighted by Gasteiger charge is 2.29. The summed E-state index contributed by atoms with van der Waals surface area (Å²) in [5, 5.41) is 15.4. The third-order valence-electron chi connectivity index (χ3n) is 3.10. The topological polar surface area (TPSA) is 85.5 Å². The number of hydrogen-bond donors (Lipinski definition) is 0. The van der Waals surface area contributed by atoms with Crippen LogP contribution in [0.25, 0.3) is 5.65 Å². The fourth-order valence-corrected chi connectivity index (χ4v) is 2.14. The molecule has 94 valence electrons. The van der Waals surface area contributed by atoms with E-state index in [2.05, 4.69) is 20.6 Å². The number of hydrogen-bond acceptors (Lipinski definition) is 7. The summed E-state index contributed by atoms with van der Waals surface area (Å²) in [7, 11) is 1.41. The highest BCUT2D eigenvalue weighted by Crippen LogP contribution is 2.22. The fourth-order valence-electron chi connectivity index (χ4n) is 2.14. The van der Waals surface area contributed by atoms with E-state index in [9.17, 15) is 4.79 Å². The van der Waals surface area contributed by atoms with E-state index in [0.717, 1.165) is 18.8 Å². The van der Waals surface area contributed by atoms with E-state index >= 15 is 0 Å². The quantitative estimate of drug-likeness (QED) is 0.663. The van der Waals surface area contributed by atoms with Crippen LogP contribution in [0.1, 0.15) is 6.42 Å². The van der Waals surface area contributed by atoms with Gasteiger partial charge in [0.1, 0.15) is 0 Å². The second kappa shape index (κ2) is 4.21. The van der Waals surface area contributed by atoms with Crippen molar-refractivity contribution in [2.75, 3.05) is 25.1 Å². The summed E-state index contributed by atoms with van der Waals surface area (Å²) in [6, 6.07) is 3.65. The standard InChI is InChI=1S/C10H12N6O2/c1-18-10(17)7-4-5-15(6-7)9-3-2-8-11-13-14-16(8)12-9/h2-3,7H,4-6H2,1H3. The molecular formula is C10H12N6O2. The molecule has 1 unspecified atom stereocenters. The van der Waals surface area contributed by atoms with Crippen LogP contribution >= 0.6 is 0 Å². The smallest absolute Gasteiger partial charge is 0.310 e. The first-order valence-corrected chi connectivity index (χ1v) is 5.66. The van der Waals surface area contributed by atoms with E-state index in [0.29, 0.717) is 12.2 Å². The third-order valence-corrected chi connectivity index (χ3v) is 3.10. The van der Waals surface area contributed by atoms with Crippen molar-refractivity contribution in [1.82, 2.24) is 25.3 Å². The first-order chi connectivity index (χ1) is 8.78. The summed E-state index contributed by atoms with van der Waals surface area (Å²) < 4.78 is 6.13. The maximum absolute atomic E-state index is 11.5. The Hall–Kier alpha value is -2.25. The Morgan fingerprint density at radius 1 is 1.50 bits per heavy atom. The van der Waals surface area contributed by atoms with Crippen molar-refractivity contribution in [3.63, 3.8) is 0 Å².